The van der Waals surface area contributed by atoms with Crippen LogP contribution in [0.15, 0.2) is 48.5 Å². The van der Waals surface area contributed by atoms with Crippen molar-refractivity contribution < 1.29 is 33.3 Å². The van der Waals surface area contributed by atoms with Gasteiger partial charge in [-0.15, -0.1) is 0 Å². The van der Waals surface area contributed by atoms with Gasteiger partial charge in [-0.1, -0.05) is 30.3 Å². The Labute approximate surface area is 194 Å². The van der Waals surface area contributed by atoms with Gasteiger partial charge in [-0.2, -0.15) is 0 Å². The maximum absolute atomic E-state index is 12.7. The summed E-state index contributed by atoms with van der Waals surface area (Å²) in [7, 11) is 2.99. The van der Waals surface area contributed by atoms with Crippen LogP contribution < -0.4 is 14.8 Å². The number of Topliss-reactive ketones (excluding diaryl/α,β-unsaturated/α-hetero) is 1. The van der Waals surface area contributed by atoms with Gasteiger partial charge in [0.1, 0.15) is 18.2 Å². The smallest absolute Gasteiger partial charge is 0.408 e. The van der Waals surface area contributed by atoms with Gasteiger partial charge >= 0.3 is 12.1 Å². The van der Waals surface area contributed by atoms with E-state index in [0.29, 0.717) is 17.1 Å². The van der Waals surface area contributed by atoms with Gasteiger partial charge in [-0.3, -0.25) is 4.79 Å². The first kappa shape index (κ1) is 25.7. The van der Waals surface area contributed by atoms with E-state index in [1.165, 1.54) is 14.2 Å². The molecule has 0 bridgehead atoms. The summed E-state index contributed by atoms with van der Waals surface area (Å²) < 4.78 is 21.1. The normalized spacial score (nSPS) is 11.8. The number of ketones is 1. The first-order valence-corrected chi connectivity index (χ1v) is 10.6. The molecule has 8 nitrogen and oxygen atoms in total. The number of amides is 1. The fourth-order valence-electron chi connectivity index (χ4n) is 2.96. The van der Waals surface area contributed by atoms with Crippen molar-refractivity contribution in [3.63, 3.8) is 0 Å². The van der Waals surface area contributed by atoms with E-state index < -0.39 is 23.7 Å². The number of alkyl carbamates (subject to hydrolysis) is 1. The summed E-state index contributed by atoms with van der Waals surface area (Å²) in [5.41, 5.74) is 0.475. The van der Waals surface area contributed by atoms with Gasteiger partial charge in [0.25, 0.3) is 0 Å². The predicted molar refractivity (Wildman–Crippen MR) is 123 cm³/mol. The van der Waals surface area contributed by atoms with Gasteiger partial charge in [0.15, 0.2) is 17.3 Å². The number of carbonyl (C=O) groups is 3. The number of rotatable bonds is 10. The van der Waals surface area contributed by atoms with Gasteiger partial charge in [-0.05, 0) is 51.0 Å². The van der Waals surface area contributed by atoms with Gasteiger partial charge in [0.2, 0.25) is 0 Å². The third-order valence-electron chi connectivity index (χ3n) is 4.56. The van der Waals surface area contributed by atoms with Crippen molar-refractivity contribution in [2.75, 3.05) is 14.2 Å². The van der Waals surface area contributed by atoms with Crippen molar-refractivity contribution >= 4 is 17.8 Å². The molecule has 0 aliphatic heterocycles. The van der Waals surface area contributed by atoms with Gasteiger partial charge in [0.05, 0.1) is 14.2 Å². The number of ether oxygens (including phenoxy) is 4. The molecule has 0 heterocycles. The van der Waals surface area contributed by atoms with Crippen LogP contribution in [0.1, 0.15) is 49.5 Å². The highest BCUT2D eigenvalue weighted by Gasteiger charge is 2.26. The van der Waals surface area contributed by atoms with Crippen LogP contribution in [0.2, 0.25) is 0 Å². The second-order valence-corrected chi connectivity index (χ2v) is 8.32. The SMILES string of the molecule is COc1ccc(C(=O)CCC(NC(=O)OC(C)(C)C)C(=O)OCc2ccccc2)cc1OC. The van der Waals surface area contributed by atoms with E-state index in [1.54, 1.807) is 39.0 Å². The number of hydrogen-bond acceptors (Lipinski definition) is 7. The molecule has 0 radical (unpaired) electrons. The average Bonchev–Trinajstić information content (AvgIpc) is 2.78. The van der Waals surface area contributed by atoms with Crippen molar-refractivity contribution in [1.29, 1.82) is 0 Å². The summed E-state index contributed by atoms with van der Waals surface area (Å²) in [6.07, 6.45) is -0.723. The van der Waals surface area contributed by atoms with Crippen molar-refractivity contribution in [1.82, 2.24) is 5.32 Å². The molecule has 1 unspecified atom stereocenters. The molecular weight excluding hydrogens is 426 g/mol. The molecular formula is C25H31NO7. The molecule has 2 rings (SSSR count). The molecule has 178 valence electrons. The molecule has 0 spiro atoms. The van der Waals surface area contributed by atoms with E-state index in [4.69, 9.17) is 18.9 Å². The second-order valence-electron chi connectivity index (χ2n) is 8.32. The zero-order chi connectivity index (χ0) is 24.4. The minimum absolute atomic E-state index is 0.00359. The van der Waals surface area contributed by atoms with Crippen LogP contribution in [0.3, 0.4) is 0 Å². The van der Waals surface area contributed by atoms with Crippen molar-refractivity contribution in [3.8, 4) is 11.5 Å². The highest BCUT2D eigenvalue weighted by atomic mass is 16.6. The Kier molecular flexibility index (Phi) is 9.27. The molecule has 0 aromatic heterocycles. The first-order chi connectivity index (χ1) is 15.6. The molecule has 2 aromatic rings. The molecule has 0 fully saturated rings. The zero-order valence-corrected chi connectivity index (χ0v) is 19.7. The lowest BCUT2D eigenvalue weighted by molar-refractivity contribution is -0.147. The van der Waals surface area contributed by atoms with Crippen LogP contribution in [0, 0.1) is 0 Å². The van der Waals surface area contributed by atoms with Gasteiger partial charge in [-0.25, -0.2) is 9.59 Å². The molecule has 1 amide bonds. The van der Waals surface area contributed by atoms with E-state index in [1.807, 2.05) is 30.3 Å². The van der Waals surface area contributed by atoms with Crippen LogP contribution in [0.25, 0.3) is 0 Å². The quantitative estimate of drug-likeness (QED) is 0.419. The van der Waals surface area contributed by atoms with Crippen LogP contribution in [0.5, 0.6) is 11.5 Å². The lowest BCUT2D eigenvalue weighted by Gasteiger charge is -2.23. The van der Waals surface area contributed by atoms with Crippen LogP contribution in [0.4, 0.5) is 4.79 Å². The van der Waals surface area contributed by atoms with E-state index in [9.17, 15) is 14.4 Å². The van der Waals surface area contributed by atoms with Crippen molar-refractivity contribution in [2.24, 2.45) is 0 Å². The minimum atomic E-state index is -1.05. The number of benzene rings is 2. The first-order valence-electron chi connectivity index (χ1n) is 10.6. The molecule has 8 heteroatoms. The number of hydrogen-bond donors (Lipinski definition) is 1. The van der Waals surface area contributed by atoms with E-state index in [2.05, 4.69) is 5.32 Å². The van der Waals surface area contributed by atoms with Gasteiger partial charge < -0.3 is 24.3 Å². The minimum Gasteiger partial charge on any atom is -0.493 e. The summed E-state index contributed by atoms with van der Waals surface area (Å²) >= 11 is 0. The lowest BCUT2D eigenvalue weighted by atomic mass is 10.0. The Morgan fingerprint density at radius 2 is 1.61 bits per heavy atom. The fraction of sp³-hybridized carbons (Fsp3) is 0.400. The summed E-state index contributed by atoms with van der Waals surface area (Å²) in [6.45, 7) is 5.21. The van der Waals surface area contributed by atoms with Crippen LogP contribution in [-0.4, -0.2) is 43.7 Å². The largest absolute Gasteiger partial charge is 0.493 e. The highest BCUT2D eigenvalue weighted by molar-refractivity contribution is 5.97. The monoisotopic (exact) mass is 457 g/mol. The third-order valence-corrected chi connectivity index (χ3v) is 4.56. The molecule has 0 aliphatic carbocycles. The van der Waals surface area contributed by atoms with Crippen molar-refractivity contribution in [3.05, 3.63) is 59.7 Å². The second kappa shape index (κ2) is 11.9. The average molecular weight is 458 g/mol. The van der Waals surface area contributed by atoms with E-state index >= 15 is 0 Å². The zero-order valence-electron chi connectivity index (χ0n) is 19.7. The molecule has 1 atom stereocenters. The highest BCUT2D eigenvalue weighted by Crippen LogP contribution is 2.28. The number of nitrogens with one attached hydrogen (secondary N) is 1. The number of methoxy groups -OCH3 is 2. The summed E-state index contributed by atoms with van der Waals surface area (Å²) in [4.78, 5) is 37.7. The Bertz CT molecular complexity index is 951. The maximum Gasteiger partial charge on any atom is 0.408 e. The fourth-order valence-corrected chi connectivity index (χ4v) is 2.96. The van der Waals surface area contributed by atoms with Crippen LogP contribution >= 0.6 is 0 Å². The Morgan fingerprint density at radius 3 is 2.21 bits per heavy atom. The number of carbonyl (C=O) groups excluding carboxylic acids is 3. The molecule has 0 saturated carbocycles. The predicted octanol–water partition coefficient (Wildman–Crippen LogP) is 4.30. The summed E-state index contributed by atoms with van der Waals surface area (Å²) in [5.74, 6) is 0.0599. The summed E-state index contributed by atoms with van der Waals surface area (Å²) in [6, 6.07) is 13.0. The summed E-state index contributed by atoms with van der Waals surface area (Å²) in [5, 5.41) is 2.52. The Hall–Kier alpha value is -3.55. The van der Waals surface area contributed by atoms with E-state index in [-0.39, 0.29) is 25.2 Å². The molecule has 1 N–H and O–H groups in total. The molecule has 0 aliphatic rings. The topological polar surface area (TPSA) is 100 Å². The number of esters is 1. The maximum atomic E-state index is 12.7. The molecule has 33 heavy (non-hydrogen) atoms. The van der Waals surface area contributed by atoms with Crippen LogP contribution in [-0.2, 0) is 20.9 Å². The standard InChI is InChI=1S/C25H31NO7/c1-25(2,3)33-24(29)26-19(23(28)32-16-17-9-7-6-8-10-17)12-13-20(27)18-11-14-21(30-4)22(15-18)31-5/h6-11,14-15,19H,12-13,16H2,1-5H3,(H,26,29). The lowest BCUT2D eigenvalue weighted by Crippen LogP contribution is -2.44. The third kappa shape index (κ3) is 8.48. The Morgan fingerprint density at radius 1 is 0.939 bits per heavy atom. The van der Waals surface area contributed by atoms with Gasteiger partial charge in [0, 0.05) is 12.0 Å². The molecule has 2 aromatic carbocycles. The van der Waals surface area contributed by atoms with E-state index in [0.717, 1.165) is 5.56 Å². The Balaban J connectivity index is 2.07. The van der Waals surface area contributed by atoms with Crippen molar-refractivity contribution in [2.45, 2.75) is 51.9 Å². The molecule has 0 saturated heterocycles.